The fraction of sp³-hybridized carbons (Fsp3) is 1.00. The van der Waals surface area contributed by atoms with E-state index in [0.717, 1.165) is 6.92 Å². The lowest BCUT2D eigenvalue weighted by molar-refractivity contribution is -0.406. The summed E-state index contributed by atoms with van der Waals surface area (Å²) in [6, 6.07) is 0. The highest BCUT2D eigenvalue weighted by atomic mass is 19.4. The van der Waals surface area contributed by atoms with Gasteiger partial charge in [0.2, 0.25) is 0 Å². The molecule has 0 heterocycles. The Hall–Kier alpha value is -0.920. The number of alkyl halides is 12. The van der Waals surface area contributed by atoms with Gasteiger partial charge in [0.15, 0.2) is 0 Å². The van der Waals surface area contributed by atoms with Crippen LogP contribution in [-0.2, 0) is 4.74 Å². The zero-order valence-electron chi connectivity index (χ0n) is 14.1. The molecule has 0 bridgehead atoms. The van der Waals surface area contributed by atoms with Crippen molar-refractivity contribution in [2.45, 2.75) is 68.5 Å². The van der Waals surface area contributed by atoms with Gasteiger partial charge < -0.3 is 9.84 Å². The Morgan fingerprint density at radius 3 is 1.21 bits per heavy atom. The molecule has 0 amide bonds. The van der Waals surface area contributed by atoms with Gasteiger partial charge in [0, 0.05) is 18.4 Å². The number of rotatable bonds is 4. The van der Waals surface area contributed by atoms with Crippen LogP contribution in [0.3, 0.4) is 0 Å². The fourth-order valence-corrected chi connectivity index (χ4v) is 3.67. The molecule has 0 saturated heterocycles. The van der Waals surface area contributed by atoms with Crippen molar-refractivity contribution in [1.82, 2.24) is 0 Å². The van der Waals surface area contributed by atoms with Crippen LogP contribution in [0, 0.1) is 11.8 Å². The molecule has 0 aliphatic heterocycles. The number of halogens is 12. The molecule has 0 aromatic rings. The molecule has 0 aromatic carbocycles. The molecule has 0 aromatic heterocycles. The molecule has 1 rings (SSSR count). The molecule has 0 radical (unpaired) electrons. The number of hydrogen-bond donors (Lipinski definition) is 1. The highest BCUT2D eigenvalue weighted by molar-refractivity contribution is 5.06. The van der Waals surface area contributed by atoms with E-state index in [4.69, 9.17) is 0 Å². The summed E-state index contributed by atoms with van der Waals surface area (Å²) in [6.45, 7) is -0.210. The molecular formula is C14H16F12O2. The second-order valence-electron chi connectivity index (χ2n) is 6.47. The van der Waals surface area contributed by atoms with Crippen molar-refractivity contribution in [3.63, 3.8) is 0 Å². The number of aliphatic hydroxyl groups is 1. The maximum absolute atomic E-state index is 13.3. The van der Waals surface area contributed by atoms with E-state index < -0.39 is 80.0 Å². The average molecular weight is 444 g/mol. The molecule has 14 heteroatoms. The third-order valence-corrected chi connectivity index (χ3v) is 4.97. The van der Waals surface area contributed by atoms with E-state index in [9.17, 15) is 57.8 Å². The van der Waals surface area contributed by atoms with E-state index in [1.807, 2.05) is 0 Å². The van der Waals surface area contributed by atoms with Crippen molar-refractivity contribution in [2.24, 2.45) is 11.8 Å². The van der Waals surface area contributed by atoms with Gasteiger partial charge >= 0.3 is 24.7 Å². The first kappa shape index (κ1) is 25.1. The number of hydrogen-bond acceptors (Lipinski definition) is 2. The third-order valence-electron chi connectivity index (χ3n) is 4.97. The Bertz CT molecular complexity index is 494. The Balaban J connectivity index is 3.27. The van der Waals surface area contributed by atoms with E-state index >= 15 is 0 Å². The second-order valence-corrected chi connectivity index (χ2v) is 6.47. The van der Waals surface area contributed by atoms with Crippen LogP contribution in [0.25, 0.3) is 0 Å². The van der Waals surface area contributed by atoms with Crippen LogP contribution < -0.4 is 0 Å². The summed E-state index contributed by atoms with van der Waals surface area (Å²) in [4.78, 5) is 0. The Kier molecular flexibility index (Phi) is 6.64. The lowest BCUT2D eigenvalue weighted by atomic mass is 9.67. The van der Waals surface area contributed by atoms with Crippen LogP contribution in [0.15, 0.2) is 0 Å². The Labute approximate surface area is 150 Å². The highest BCUT2D eigenvalue weighted by Gasteiger charge is 2.77. The van der Waals surface area contributed by atoms with Gasteiger partial charge in [0.25, 0.3) is 11.2 Å². The lowest BCUT2D eigenvalue weighted by Gasteiger charge is -2.47. The highest BCUT2D eigenvalue weighted by Crippen LogP contribution is 2.58. The maximum Gasteiger partial charge on any atom is 0.426 e. The van der Waals surface area contributed by atoms with Gasteiger partial charge in [-0.05, 0) is 32.6 Å². The van der Waals surface area contributed by atoms with Crippen LogP contribution in [0.1, 0.15) is 32.6 Å². The quantitative estimate of drug-likeness (QED) is 0.577. The van der Waals surface area contributed by atoms with Gasteiger partial charge in [-0.1, -0.05) is 0 Å². The van der Waals surface area contributed by atoms with Gasteiger partial charge in [-0.15, -0.1) is 0 Å². The van der Waals surface area contributed by atoms with E-state index in [2.05, 4.69) is 4.74 Å². The first-order chi connectivity index (χ1) is 12.3. The standard InChI is InChI=1S/C14H16F12O2/c1-2-28-10(13(21,22)23,14(24,25)26)8-5-3-7(4-6-8)9(27,11(15,16)17)12(18,19)20/h7-8,27H,2-6H2,1H3. The summed E-state index contributed by atoms with van der Waals surface area (Å²) >= 11 is 0. The van der Waals surface area contributed by atoms with Gasteiger partial charge in [-0.25, -0.2) is 0 Å². The summed E-state index contributed by atoms with van der Waals surface area (Å²) in [5, 5.41) is 9.30. The van der Waals surface area contributed by atoms with Crippen LogP contribution in [0.2, 0.25) is 0 Å². The molecule has 28 heavy (non-hydrogen) atoms. The monoisotopic (exact) mass is 444 g/mol. The predicted octanol–water partition coefficient (Wildman–Crippen LogP) is 5.55. The summed E-state index contributed by atoms with van der Waals surface area (Å²) in [6.07, 6.45) is -29.8. The molecule has 1 saturated carbocycles. The van der Waals surface area contributed by atoms with Gasteiger partial charge in [0.05, 0.1) is 0 Å². The summed E-state index contributed by atoms with van der Waals surface area (Å²) in [5.74, 6) is -5.11. The maximum atomic E-state index is 13.3. The molecule has 1 N–H and O–H groups in total. The van der Waals surface area contributed by atoms with Crippen molar-refractivity contribution in [2.75, 3.05) is 6.61 Å². The molecular weight excluding hydrogens is 428 g/mol. The molecule has 1 aliphatic carbocycles. The largest absolute Gasteiger partial charge is 0.426 e. The van der Waals surface area contributed by atoms with E-state index in [-0.39, 0.29) is 0 Å². The summed E-state index contributed by atoms with van der Waals surface area (Å²) < 4.78 is 161. The third kappa shape index (κ3) is 3.90. The van der Waals surface area contributed by atoms with E-state index in [0.29, 0.717) is 0 Å². The normalized spacial score (nSPS) is 23.8. The molecule has 0 spiro atoms. The zero-order chi connectivity index (χ0) is 22.4. The summed E-state index contributed by atoms with van der Waals surface area (Å²) in [7, 11) is 0. The fourth-order valence-electron chi connectivity index (χ4n) is 3.67. The van der Waals surface area contributed by atoms with Gasteiger partial charge in [0.1, 0.15) is 0 Å². The average Bonchev–Trinajstić information content (AvgIpc) is 2.47. The van der Waals surface area contributed by atoms with Gasteiger partial charge in [-0.2, -0.15) is 52.7 Å². The van der Waals surface area contributed by atoms with Crippen molar-refractivity contribution in [1.29, 1.82) is 0 Å². The zero-order valence-corrected chi connectivity index (χ0v) is 14.1. The minimum Gasteiger partial charge on any atom is -0.373 e. The predicted molar refractivity (Wildman–Crippen MR) is 69.0 cm³/mol. The first-order valence-corrected chi connectivity index (χ1v) is 7.90. The lowest BCUT2D eigenvalue weighted by Crippen LogP contribution is -2.66. The van der Waals surface area contributed by atoms with Crippen LogP contribution in [0.5, 0.6) is 0 Å². The molecule has 0 unspecified atom stereocenters. The van der Waals surface area contributed by atoms with E-state index in [1.54, 1.807) is 0 Å². The molecule has 2 nitrogen and oxygen atoms in total. The SMILES string of the molecule is CCOC(C1CCC(C(O)(C(F)(F)F)C(F)(F)F)CC1)(C(F)(F)F)C(F)(F)F. The minimum atomic E-state index is -6.21. The Morgan fingerprint density at radius 1 is 0.643 bits per heavy atom. The van der Waals surface area contributed by atoms with Crippen LogP contribution >= 0.6 is 0 Å². The Morgan fingerprint density at radius 2 is 0.964 bits per heavy atom. The molecule has 0 atom stereocenters. The summed E-state index contributed by atoms with van der Waals surface area (Å²) in [5.41, 5.74) is -9.97. The first-order valence-electron chi connectivity index (χ1n) is 7.90. The minimum absolute atomic E-state index is 0.837. The number of ether oxygens (including phenoxy) is 1. The topological polar surface area (TPSA) is 29.5 Å². The van der Waals surface area contributed by atoms with E-state index in [1.165, 1.54) is 0 Å². The van der Waals surface area contributed by atoms with Gasteiger partial charge in [-0.3, -0.25) is 0 Å². The molecule has 1 fully saturated rings. The van der Waals surface area contributed by atoms with Crippen molar-refractivity contribution < 1.29 is 62.5 Å². The molecule has 1 aliphatic rings. The second kappa shape index (κ2) is 7.40. The van der Waals surface area contributed by atoms with Crippen LogP contribution in [-0.4, -0.2) is 47.6 Å². The smallest absolute Gasteiger partial charge is 0.373 e. The van der Waals surface area contributed by atoms with Crippen LogP contribution in [0.4, 0.5) is 52.7 Å². The van der Waals surface area contributed by atoms with Crippen molar-refractivity contribution in [3.05, 3.63) is 0 Å². The van der Waals surface area contributed by atoms with Crippen molar-refractivity contribution >= 4 is 0 Å². The van der Waals surface area contributed by atoms with Crippen molar-refractivity contribution in [3.8, 4) is 0 Å². The molecule has 168 valence electrons.